The highest BCUT2D eigenvalue weighted by Crippen LogP contribution is 2.35. The van der Waals surface area contributed by atoms with Crippen LogP contribution >= 0.6 is 11.3 Å². The van der Waals surface area contributed by atoms with Gasteiger partial charge in [0.15, 0.2) is 0 Å². The second kappa shape index (κ2) is 8.47. The third kappa shape index (κ3) is 4.12. The fraction of sp³-hybridized carbons (Fsp3) is 0.444. The van der Waals surface area contributed by atoms with Crippen LogP contribution in [0, 0.1) is 0 Å². The number of hydrogen-bond donors (Lipinski definition) is 1. The first-order valence-electron chi connectivity index (χ1n) is 12.0. The molecular formula is C27H32N4O2S. The zero-order valence-corrected chi connectivity index (χ0v) is 21.1. The van der Waals surface area contributed by atoms with Gasteiger partial charge >= 0.3 is 6.03 Å². The van der Waals surface area contributed by atoms with Crippen molar-refractivity contribution >= 4 is 33.5 Å². The Hall–Kier alpha value is -2.77. The van der Waals surface area contributed by atoms with Crippen LogP contribution in [0.2, 0.25) is 0 Å². The lowest BCUT2D eigenvalue weighted by Crippen LogP contribution is -2.46. The number of nitrogens with zero attached hydrogens (tertiary/aromatic N) is 3. The van der Waals surface area contributed by atoms with E-state index in [1.807, 2.05) is 18.2 Å². The van der Waals surface area contributed by atoms with Crippen molar-refractivity contribution in [3.8, 4) is 0 Å². The van der Waals surface area contributed by atoms with E-state index in [1.165, 1.54) is 20.2 Å². The van der Waals surface area contributed by atoms with Gasteiger partial charge in [-0.15, -0.1) is 11.3 Å². The summed E-state index contributed by atoms with van der Waals surface area (Å²) in [7, 11) is 0. The number of urea groups is 1. The average Bonchev–Trinajstić information content (AvgIpc) is 3.34. The van der Waals surface area contributed by atoms with Crippen LogP contribution < -0.4 is 5.32 Å². The number of fused-ring (bicyclic) bond motifs is 1. The number of para-hydroxylation sites is 1. The van der Waals surface area contributed by atoms with Gasteiger partial charge in [0.1, 0.15) is 5.54 Å². The molecule has 1 N–H and O–H groups in total. The molecule has 3 heterocycles. The number of likely N-dealkylation sites (tertiary alicyclic amines) is 1. The predicted molar refractivity (Wildman–Crippen MR) is 136 cm³/mol. The van der Waals surface area contributed by atoms with Crippen LogP contribution in [-0.4, -0.2) is 46.5 Å². The standard InChI is InChI=1S/C27H32N4O2S/c1-26(2,3)19-9-11-20(12-10-19)27(4)24(32)31(25(33)29-27)17-30-15-13-18(14-16-30)23-28-21-7-5-6-8-22(21)34-23/h5-12,18H,13-17H2,1-4H3,(H,29,33)/t27-/m1/s1. The van der Waals surface area contributed by atoms with E-state index in [4.69, 9.17) is 4.98 Å². The van der Waals surface area contributed by atoms with Gasteiger partial charge in [0.2, 0.25) is 0 Å². The van der Waals surface area contributed by atoms with Crippen molar-refractivity contribution in [2.24, 2.45) is 0 Å². The summed E-state index contributed by atoms with van der Waals surface area (Å²) in [5.41, 5.74) is 2.08. The summed E-state index contributed by atoms with van der Waals surface area (Å²) < 4.78 is 1.23. The van der Waals surface area contributed by atoms with Gasteiger partial charge in [-0.25, -0.2) is 14.7 Å². The Balaban J connectivity index is 1.24. The number of rotatable bonds is 4. The molecule has 3 aromatic rings. The summed E-state index contributed by atoms with van der Waals surface area (Å²) in [6.45, 7) is 10.3. The SMILES string of the molecule is CC(C)(C)c1ccc([C@@]2(C)NC(=O)N(CN3CCC(c4nc5ccccc5s4)CC3)C2=O)cc1. The van der Waals surface area contributed by atoms with Gasteiger partial charge in [-0.05, 0) is 48.4 Å². The topological polar surface area (TPSA) is 65.5 Å². The molecule has 7 heteroatoms. The smallest absolute Gasteiger partial charge is 0.319 e. The van der Waals surface area contributed by atoms with E-state index >= 15 is 0 Å². The van der Waals surface area contributed by atoms with Gasteiger partial charge < -0.3 is 5.32 Å². The van der Waals surface area contributed by atoms with Gasteiger partial charge in [-0.3, -0.25) is 9.69 Å². The number of piperidine rings is 1. The predicted octanol–water partition coefficient (Wildman–Crippen LogP) is 5.20. The minimum atomic E-state index is -1.03. The molecule has 2 aliphatic heterocycles. The molecule has 0 aliphatic carbocycles. The lowest BCUT2D eigenvalue weighted by molar-refractivity contribution is -0.132. The van der Waals surface area contributed by atoms with Crippen molar-refractivity contribution in [2.75, 3.05) is 19.8 Å². The van der Waals surface area contributed by atoms with Crippen molar-refractivity contribution in [1.29, 1.82) is 0 Å². The van der Waals surface area contributed by atoms with Crippen molar-refractivity contribution in [2.45, 2.75) is 57.4 Å². The largest absolute Gasteiger partial charge is 0.326 e. The molecule has 2 aromatic carbocycles. The third-order valence-corrected chi connectivity index (χ3v) is 8.39. The van der Waals surface area contributed by atoms with Crippen LogP contribution in [0.5, 0.6) is 0 Å². The molecule has 5 rings (SSSR count). The molecule has 0 saturated carbocycles. The lowest BCUT2D eigenvalue weighted by Gasteiger charge is -2.33. The number of thiazole rings is 1. The fourth-order valence-electron chi connectivity index (χ4n) is 4.91. The highest BCUT2D eigenvalue weighted by Gasteiger charge is 2.49. The van der Waals surface area contributed by atoms with Gasteiger partial charge in [0, 0.05) is 19.0 Å². The summed E-state index contributed by atoms with van der Waals surface area (Å²) in [6, 6.07) is 16.0. The van der Waals surface area contributed by atoms with Crippen LogP contribution in [0.3, 0.4) is 0 Å². The summed E-state index contributed by atoms with van der Waals surface area (Å²) in [6.07, 6.45) is 1.96. The first-order chi connectivity index (χ1) is 16.1. The second-order valence-corrected chi connectivity index (χ2v) is 11.7. The van der Waals surface area contributed by atoms with E-state index < -0.39 is 5.54 Å². The quantitative estimate of drug-likeness (QED) is 0.526. The Morgan fingerprint density at radius 1 is 1.06 bits per heavy atom. The summed E-state index contributed by atoms with van der Waals surface area (Å²) in [5.74, 6) is 0.248. The van der Waals surface area contributed by atoms with Crippen LogP contribution in [0.15, 0.2) is 48.5 Å². The third-order valence-electron chi connectivity index (χ3n) is 7.19. The molecule has 34 heavy (non-hydrogen) atoms. The molecule has 6 nitrogen and oxygen atoms in total. The molecule has 0 unspecified atom stereocenters. The Labute approximate surface area is 205 Å². The minimum Gasteiger partial charge on any atom is -0.319 e. The number of carbonyl (C=O) groups is 2. The molecule has 2 fully saturated rings. The number of amides is 3. The van der Waals surface area contributed by atoms with Crippen LogP contribution in [0.4, 0.5) is 4.79 Å². The number of imide groups is 1. The van der Waals surface area contributed by atoms with E-state index in [0.29, 0.717) is 12.6 Å². The maximum atomic E-state index is 13.4. The van der Waals surface area contributed by atoms with Crippen LogP contribution in [0.1, 0.15) is 62.6 Å². The highest BCUT2D eigenvalue weighted by atomic mass is 32.1. The molecule has 3 amide bonds. The molecule has 0 radical (unpaired) electrons. The Morgan fingerprint density at radius 3 is 2.38 bits per heavy atom. The molecule has 0 spiro atoms. The maximum absolute atomic E-state index is 13.4. The summed E-state index contributed by atoms with van der Waals surface area (Å²) >= 11 is 1.78. The zero-order valence-electron chi connectivity index (χ0n) is 20.3. The Kier molecular flexibility index (Phi) is 5.73. The summed E-state index contributed by atoms with van der Waals surface area (Å²) in [4.78, 5) is 34.6. The number of benzene rings is 2. The molecule has 1 atom stereocenters. The fourth-order valence-corrected chi connectivity index (χ4v) is 6.05. The van der Waals surface area contributed by atoms with Gasteiger partial charge in [-0.2, -0.15) is 0 Å². The first kappa shape index (κ1) is 23.0. The maximum Gasteiger partial charge on any atom is 0.326 e. The number of hydrogen-bond acceptors (Lipinski definition) is 5. The number of carbonyl (C=O) groups excluding carboxylic acids is 2. The van der Waals surface area contributed by atoms with E-state index in [9.17, 15) is 9.59 Å². The minimum absolute atomic E-state index is 0.0336. The van der Waals surface area contributed by atoms with Crippen molar-refractivity contribution < 1.29 is 9.59 Å². The van der Waals surface area contributed by atoms with E-state index in [0.717, 1.165) is 37.0 Å². The number of aromatic nitrogens is 1. The normalized spacial score (nSPS) is 22.5. The van der Waals surface area contributed by atoms with Gasteiger partial charge in [0.05, 0.1) is 21.9 Å². The average molecular weight is 477 g/mol. The number of nitrogens with one attached hydrogen (secondary N) is 1. The monoisotopic (exact) mass is 476 g/mol. The highest BCUT2D eigenvalue weighted by molar-refractivity contribution is 7.18. The summed E-state index contributed by atoms with van der Waals surface area (Å²) in [5, 5.41) is 4.14. The van der Waals surface area contributed by atoms with E-state index in [1.54, 1.807) is 18.3 Å². The zero-order chi connectivity index (χ0) is 24.1. The second-order valence-electron chi connectivity index (χ2n) is 10.7. The molecule has 2 aliphatic rings. The van der Waals surface area contributed by atoms with Gasteiger partial charge in [-0.1, -0.05) is 57.2 Å². The van der Waals surface area contributed by atoms with Crippen molar-refractivity contribution in [3.63, 3.8) is 0 Å². The molecule has 1 aromatic heterocycles. The lowest BCUT2D eigenvalue weighted by atomic mass is 9.84. The van der Waals surface area contributed by atoms with Gasteiger partial charge in [0.25, 0.3) is 5.91 Å². The molecular weight excluding hydrogens is 444 g/mol. The van der Waals surface area contributed by atoms with Crippen LogP contribution in [-0.2, 0) is 15.7 Å². The molecule has 2 saturated heterocycles. The Bertz CT molecular complexity index is 1190. The first-order valence-corrected chi connectivity index (χ1v) is 12.8. The van der Waals surface area contributed by atoms with Crippen molar-refractivity contribution in [3.05, 3.63) is 64.7 Å². The Morgan fingerprint density at radius 2 is 1.74 bits per heavy atom. The van der Waals surface area contributed by atoms with Crippen LogP contribution in [0.25, 0.3) is 10.2 Å². The van der Waals surface area contributed by atoms with E-state index in [2.05, 4.69) is 61.3 Å². The van der Waals surface area contributed by atoms with E-state index in [-0.39, 0.29) is 17.4 Å². The van der Waals surface area contributed by atoms with Crippen molar-refractivity contribution in [1.82, 2.24) is 20.1 Å². The molecule has 0 bridgehead atoms. The molecule has 178 valence electrons.